The molecule has 90 valence electrons. The third-order valence-corrected chi connectivity index (χ3v) is 2.07. The second kappa shape index (κ2) is 6.44. The van der Waals surface area contributed by atoms with Crippen LogP contribution >= 0.6 is 0 Å². The Morgan fingerprint density at radius 3 is 2.94 bits per heavy atom. The molecule has 1 amide bonds. The lowest BCUT2D eigenvalue weighted by molar-refractivity contribution is -0.118. The summed E-state index contributed by atoms with van der Waals surface area (Å²) in [6.07, 6.45) is 0.595. The van der Waals surface area contributed by atoms with Crippen LogP contribution in [0.4, 0.5) is 5.69 Å². The lowest BCUT2D eigenvalue weighted by atomic mass is 10.2. The highest BCUT2D eigenvalue weighted by atomic mass is 16.5. The minimum absolute atomic E-state index is 0.0478. The van der Waals surface area contributed by atoms with Crippen molar-refractivity contribution in [3.8, 4) is 17.6 Å². The predicted octanol–water partition coefficient (Wildman–Crippen LogP) is 1.16. The molecule has 1 aromatic rings. The molecular weight excluding hydrogens is 216 g/mol. The summed E-state index contributed by atoms with van der Waals surface area (Å²) in [5, 5.41) is 2.67. The van der Waals surface area contributed by atoms with Crippen LogP contribution in [0.15, 0.2) is 18.2 Å². The Morgan fingerprint density at radius 2 is 2.29 bits per heavy atom. The van der Waals surface area contributed by atoms with E-state index in [0.717, 1.165) is 5.56 Å². The van der Waals surface area contributed by atoms with Gasteiger partial charge in [-0.15, -0.1) is 0 Å². The van der Waals surface area contributed by atoms with E-state index in [4.69, 9.17) is 10.5 Å². The zero-order chi connectivity index (χ0) is 12.7. The fraction of sp³-hybridized carbons (Fsp3) is 0.308. The smallest absolute Gasteiger partial charge is 0.216 e. The molecule has 1 rings (SSSR count). The average molecular weight is 232 g/mol. The van der Waals surface area contributed by atoms with Gasteiger partial charge in [-0.25, -0.2) is 0 Å². The number of carbonyl (C=O) groups is 1. The summed E-state index contributed by atoms with van der Waals surface area (Å²) in [6, 6.07) is 5.32. The largest absolute Gasteiger partial charge is 0.495 e. The SMILES string of the molecule is COc1ccc(N)cc1C#CCCNC(C)=O. The van der Waals surface area contributed by atoms with Crippen molar-refractivity contribution in [2.75, 3.05) is 19.4 Å². The second-order valence-corrected chi connectivity index (χ2v) is 3.49. The van der Waals surface area contributed by atoms with E-state index in [9.17, 15) is 4.79 Å². The summed E-state index contributed by atoms with van der Waals surface area (Å²) in [6.45, 7) is 2.03. The maximum absolute atomic E-state index is 10.6. The van der Waals surface area contributed by atoms with E-state index in [2.05, 4.69) is 17.2 Å². The number of carbonyl (C=O) groups excluding carboxylic acids is 1. The van der Waals surface area contributed by atoms with Crippen molar-refractivity contribution in [2.24, 2.45) is 0 Å². The zero-order valence-electron chi connectivity index (χ0n) is 10.0. The topological polar surface area (TPSA) is 64.3 Å². The Morgan fingerprint density at radius 1 is 1.53 bits per heavy atom. The molecule has 0 atom stereocenters. The van der Waals surface area contributed by atoms with E-state index in [1.807, 2.05) is 0 Å². The van der Waals surface area contributed by atoms with Crippen LogP contribution in [0.25, 0.3) is 0 Å². The quantitative estimate of drug-likeness (QED) is 0.467. The van der Waals surface area contributed by atoms with Gasteiger partial charge in [-0.05, 0) is 18.2 Å². The van der Waals surface area contributed by atoms with Gasteiger partial charge in [0.15, 0.2) is 0 Å². The van der Waals surface area contributed by atoms with Gasteiger partial charge in [-0.1, -0.05) is 11.8 Å². The molecule has 0 aliphatic carbocycles. The highest BCUT2D eigenvalue weighted by Gasteiger charge is 1.99. The number of nitrogen functional groups attached to an aromatic ring is 1. The maximum Gasteiger partial charge on any atom is 0.216 e. The predicted molar refractivity (Wildman–Crippen MR) is 67.6 cm³/mol. The number of nitrogens with one attached hydrogen (secondary N) is 1. The zero-order valence-corrected chi connectivity index (χ0v) is 10.0. The van der Waals surface area contributed by atoms with Crippen molar-refractivity contribution < 1.29 is 9.53 Å². The lowest BCUT2D eigenvalue weighted by Crippen LogP contribution is -2.20. The molecule has 4 heteroatoms. The molecule has 0 unspecified atom stereocenters. The Bertz CT molecular complexity index is 458. The number of benzene rings is 1. The Labute approximate surface area is 101 Å². The van der Waals surface area contributed by atoms with E-state index in [1.165, 1.54) is 6.92 Å². The third kappa shape index (κ3) is 4.47. The van der Waals surface area contributed by atoms with E-state index >= 15 is 0 Å². The minimum atomic E-state index is -0.0478. The number of anilines is 1. The first-order valence-corrected chi connectivity index (χ1v) is 5.30. The van der Waals surface area contributed by atoms with Crippen molar-refractivity contribution in [1.29, 1.82) is 0 Å². The van der Waals surface area contributed by atoms with Crippen molar-refractivity contribution in [3.05, 3.63) is 23.8 Å². The summed E-state index contributed by atoms with van der Waals surface area (Å²) in [5.74, 6) is 6.58. The van der Waals surface area contributed by atoms with E-state index in [0.29, 0.717) is 24.4 Å². The first-order valence-electron chi connectivity index (χ1n) is 5.30. The molecule has 0 fully saturated rings. The molecule has 1 aromatic carbocycles. The molecule has 0 aromatic heterocycles. The minimum Gasteiger partial charge on any atom is -0.495 e. The molecule has 3 N–H and O–H groups in total. The molecule has 0 radical (unpaired) electrons. The van der Waals surface area contributed by atoms with E-state index < -0.39 is 0 Å². The fourth-order valence-electron chi connectivity index (χ4n) is 1.28. The van der Waals surface area contributed by atoms with E-state index in [-0.39, 0.29) is 5.91 Å². The molecule has 4 nitrogen and oxygen atoms in total. The van der Waals surface area contributed by atoms with Gasteiger partial charge in [-0.3, -0.25) is 4.79 Å². The molecular formula is C13H16N2O2. The summed E-state index contributed by atoms with van der Waals surface area (Å²) < 4.78 is 5.17. The summed E-state index contributed by atoms with van der Waals surface area (Å²) in [4.78, 5) is 10.6. The van der Waals surface area contributed by atoms with Crippen LogP contribution in [-0.2, 0) is 4.79 Å². The first kappa shape index (κ1) is 12.9. The highest BCUT2D eigenvalue weighted by Crippen LogP contribution is 2.19. The van der Waals surface area contributed by atoms with Gasteiger partial charge in [0.2, 0.25) is 5.91 Å². The number of hydrogen-bond acceptors (Lipinski definition) is 3. The second-order valence-electron chi connectivity index (χ2n) is 3.49. The van der Waals surface area contributed by atoms with Gasteiger partial charge in [0.1, 0.15) is 5.75 Å². The number of nitrogens with two attached hydrogens (primary N) is 1. The van der Waals surface area contributed by atoms with Gasteiger partial charge >= 0.3 is 0 Å². The van der Waals surface area contributed by atoms with Crippen LogP contribution in [0.3, 0.4) is 0 Å². The van der Waals surface area contributed by atoms with Gasteiger partial charge < -0.3 is 15.8 Å². The normalized spacial score (nSPS) is 9.06. The highest BCUT2D eigenvalue weighted by molar-refractivity contribution is 5.72. The van der Waals surface area contributed by atoms with E-state index in [1.54, 1.807) is 25.3 Å². The number of amides is 1. The average Bonchev–Trinajstić information content (AvgIpc) is 2.28. The van der Waals surface area contributed by atoms with Gasteiger partial charge in [0, 0.05) is 25.6 Å². The number of methoxy groups -OCH3 is 1. The van der Waals surface area contributed by atoms with Crippen LogP contribution in [0, 0.1) is 11.8 Å². The fourth-order valence-corrected chi connectivity index (χ4v) is 1.28. The summed E-state index contributed by atoms with van der Waals surface area (Å²) >= 11 is 0. The van der Waals surface area contributed by atoms with Gasteiger partial charge in [0.05, 0.1) is 12.7 Å². The van der Waals surface area contributed by atoms with Gasteiger partial charge in [-0.2, -0.15) is 0 Å². The Kier molecular flexibility index (Phi) is 4.89. The standard InChI is InChI=1S/C13H16N2O2/c1-10(16)15-8-4-3-5-11-9-12(14)6-7-13(11)17-2/h6-7,9H,4,8,14H2,1-2H3,(H,15,16). The summed E-state index contributed by atoms with van der Waals surface area (Å²) in [5.41, 5.74) is 7.08. The monoisotopic (exact) mass is 232 g/mol. The number of ether oxygens (including phenoxy) is 1. The Hall–Kier alpha value is -2.15. The number of hydrogen-bond donors (Lipinski definition) is 2. The van der Waals surface area contributed by atoms with Crippen molar-refractivity contribution in [3.63, 3.8) is 0 Å². The molecule has 0 spiro atoms. The van der Waals surface area contributed by atoms with Crippen molar-refractivity contribution >= 4 is 11.6 Å². The van der Waals surface area contributed by atoms with Crippen LogP contribution < -0.4 is 15.8 Å². The van der Waals surface area contributed by atoms with Crippen molar-refractivity contribution in [2.45, 2.75) is 13.3 Å². The summed E-state index contributed by atoms with van der Waals surface area (Å²) in [7, 11) is 1.59. The van der Waals surface area contributed by atoms with Crippen LogP contribution in [0.1, 0.15) is 18.9 Å². The molecule has 17 heavy (non-hydrogen) atoms. The molecule has 0 saturated heterocycles. The molecule has 0 aliphatic rings. The first-order chi connectivity index (χ1) is 8.13. The lowest BCUT2D eigenvalue weighted by Gasteiger charge is -2.03. The molecule has 0 heterocycles. The molecule has 0 saturated carbocycles. The van der Waals surface area contributed by atoms with Crippen molar-refractivity contribution in [1.82, 2.24) is 5.32 Å². The third-order valence-electron chi connectivity index (χ3n) is 2.07. The van der Waals surface area contributed by atoms with Crippen LogP contribution in [0.5, 0.6) is 5.75 Å². The van der Waals surface area contributed by atoms with Crippen LogP contribution in [0.2, 0.25) is 0 Å². The maximum atomic E-state index is 10.6. The molecule has 0 aliphatic heterocycles. The van der Waals surface area contributed by atoms with Gasteiger partial charge in [0.25, 0.3) is 0 Å². The molecule has 0 bridgehead atoms. The van der Waals surface area contributed by atoms with Crippen LogP contribution in [-0.4, -0.2) is 19.6 Å². The Balaban J connectivity index is 2.64. The number of rotatable bonds is 3.